The van der Waals surface area contributed by atoms with E-state index in [9.17, 15) is 0 Å². The lowest BCUT2D eigenvalue weighted by Crippen LogP contribution is -2.25. The average Bonchev–Trinajstić information content (AvgIpc) is 2.32. The van der Waals surface area contributed by atoms with Crippen LogP contribution in [0.1, 0.15) is 26.3 Å². The minimum atomic E-state index is -1.71. The molecule has 0 saturated carbocycles. The Morgan fingerprint density at radius 3 is 2.12 bits per heavy atom. The molecule has 2 nitrogen and oxygen atoms in total. The quantitative estimate of drug-likeness (QED) is 0.707. The number of hydrogen-bond donors (Lipinski definition) is 0. The highest BCUT2D eigenvalue weighted by molar-refractivity contribution is 6.68. The first-order valence-electron chi connectivity index (χ1n) is 5.78. The number of benzene rings is 1. The Hall–Kier alpha value is -0.903. The van der Waals surface area contributed by atoms with Gasteiger partial charge < -0.3 is 8.85 Å². The van der Waals surface area contributed by atoms with Crippen LogP contribution in [0.5, 0.6) is 0 Å². The molecule has 0 heterocycles. The van der Waals surface area contributed by atoms with E-state index in [1.165, 1.54) is 10.8 Å². The summed E-state index contributed by atoms with van der Waals surface area (Å²) in [5.41, 5.74) is 1.21. The molecule has 0 aliphatic heterocycles. The predicted molar refractivity (Wildman–Crippen MR) is 70.5 cm³/mol. The Morgan fingerprint density at radius 1 is 1.12 bits per heavy atom. The van der Waals surface area contributed by atoms with Gasteiger partial charge in [-0.3, -0.25) is 0 Å². The summed E-state index contributed by atoms with van der Waals surface area (Å²) in [6.45, 7) is 7.48. The van der Waals surface area contributed by atoms with E-state index in [4.69, 9.17) is 8.85 Å². The molecule has 16 heavy (non-hydrogen) atoms. The van der Waals surface area contributed by atoms with E-state index in [0.717, 1.165) is 0 Å². The van der Waals surface area contributed by atoms with Crippen LogP contribution in [0.25, 0.3) is 5.20 Å². The van der Waals surface area contributed by atoms with Crippen molar-refractivity contribution in [2.24, 2.45) is 0 Å². The van der Waals surface area contributed by atoms with Crippen molar-refractivity contribution in [3.8, 4) is 0 Å². The van der Waals surface area contributed by atoms with Crippen molar-refractivity contribution < 1.29 is 8.85 Å². The van der Waals surface area contributed by atoms with Crippen molar-refractivity contribution in [3.05, 3.63) is 42.0 Å². The molecule has 0 aliphatic rings. The molecule has 0 saturated heterocycles. The first kappa shape index (κ1) is 13.2. The standard InChI is InChI=1S/C13H20O2Si/c1-4-13(12-10-8-7-9-11-12)16(14-5-2)15-6-3/h4,7-11,16H,5-6H2,1-3H3. The van der Waals surface area contributed by atoms with Crippen molar-refractivity contribution in [3.63, 3.8) is 0 Å². The highest BCUT2D eigenvalue weighted by atomic mass is 28.3. The third-order valence-corrected chi connectivity index (χ3v) is 4.75. The topological polar surface area (TPSA) is 18.5 Å². The maximum atomic E-state index is 5.74. The van der Waals surface area contributed by atoms with Gasteiger partial charge in [-0.1, -0.05) is 36.4 Å². The molecule has 0 fully saturated rings. The monoisotopic (exact) mass is 236 g/mol. The van der Waals surface area contributed by atoms with E-state index in [0.29, 0.717) is 13.2 Å². The Kier molecular flexibility index (Phi) is 6.07. The predicted octanol–water partition coefficient (Wildman–Crippen LogP) is 2.92. The van der Waals surface area contributed by atoms with Gasteiger partial charge in [0.15, 0.2) is 0 Å². The largest absolute Gasteiger partial charge is 0.394 e. The summed E-state index contributed by atoms with van der Waals surface area (Å²) in [6, 6.07) is 10.3. The summed E-state index contributed by atoms with van der Waals surface area (Å²) < 4.78 is 11.5. The van der Waals surface area contributed by atoms with Crippen molar-refractivity contribution in [1.82, 2.24) is 0 Å². The lowest BCUT2D eigenvalue weighted by Gasteiger charge is -2.18. The normalized spacial score (nSPS) is 12.1. The molecule has 3 heteroatoms. The van der Waals surface area contributed by atoms with Crippen molar-refractivity contribution in [1.29, 1.82) is 0 Å². The number of rotatable bonds is 6. The Bertz CT molecular complexity index is 316. The molecule has 1 aromatic rings. The van der Waals surface area contributed by atoms with Gasteiger partial charge in [-0.05, 0) is 31.5 Å². The van der Waals surface area contributed by atoms with Gasteiger partial charge in [0.25, 0.3) is 0 Å². The summed E-state index contributed by atoms with van der Waals surface area (Å²) >= 11 is 0. The summed E-state index contributed by atoms with van der Waals surface area (Å²) in [7, 11) is -1.71. The van der Waals surface area contributed by atoms with Gasteiger partial charge in [0.2, 0.25) is 0 Å². The van der Waals surface area contributed by atoms with E-state index < -0.39 is 9.28 Å². The van der Waals surface area contributed by atoms with Crippen LogP contribution in [0.2, 0.25) is 0 Å². The molecular formula is C13H20O2Si. The minimum Gasteiger partial charge on any atom is -0.394 e. The summed E-state index contributed by atoms with van der Waals surface area (Å²) in [4.78, 5) is 0. The van der Waals surface area contributed by atoms with Crippen LogP contribution < -0.4 is 0 Å². The Morgan fingerprint density at radius 2 is 1.69 bits per heavy atom. The smallest absolute Gasteiger partial charge is 0.356 e. The molecule has 0 atom stereocenters. The van der Waals surface area contributed by atoms with Gasteiger partial charge >= 0.3 is 9.28 Å². The van der Waals surface area contributed by atoms with Gasteiger partial charge in [0.05, 0.1) is 0 Å². The van der Waals surface area contributed by atoms with Gasteiger partial charge in [0, 0.05) is 13.2 Å². The van der Waals surface area contributed by atoms with Crippen molar-refractivity contribution in [2.75, 3.05) is 13.2 Å². The molecule has 88 valence electrons. The van der Waals surface area contributed by atoms with Gasteiger partial charge in [-0.2, -0.15) is 0 Å². The lowest BCUT2D eigenvalue weighted by atomic mass is 10.2. The SMILES string of the molecule is CC=C(c1ccccc1)[SiH](OCC)OCC. The van der Waals surface area contributed by atoms with Gasteiger partial charge in [0.1, 0.15) is 0 Å². The molecule has 0 unspecified atom stereocenters. The van der Waals surface area contributed by atoms with Crippen LogP contribution in [0.15, 0.2) is 36.4 Å². The molecule has 1 aromatic carbocycles. The maximum Gasteiger partial charge on any atom is 0.356 e. The zero-order valence-electron chi connectivity index (χ0n) is 10.3. The fourth-order valence-electron chi connectivity index (χ4n) is 1.60. The van der Waals surface area contributed by atoms with Crippen LogP contribution in [-0.4, -0.2) is 22.5 Å². The molecule has 0 aliphatic carbocycles. The van der Waals surface area contributed by atoms with Gasteiger partial charge in [-0.25, -0.2) is 0 Å². The van der Waals surface area contributed by atoms with Crippen molar-refractivity contribution >= 4 is 14.5 Å². The first-order chi connectivity index (χ1) is 7.83. The molecule has 0 aromatic heterocycles. The zero-order valence-corrected chi connectivity index (χ0v) is 11.4. The summed E-state index contributed by atoms with van der Waals surface area (Å²) in [6.07, 6.45) is 2.11. The maximum absolute atomic E-state index is 5.74. The zero-order chi connectivity index (χ0) is 11.8. The molecule has 0 radical (unpaired) electrons. The fourth-order valence-corrected chi connectivity index (χ4v) is 3.40. The van der Waals surface area contributed by atoms with E-state index in [-0.39, 0.29) is 0 Å². The summed E-state index contributed by atoms with van der Waals surface area (Å²) in [5.74, 6) is 0. The Labute approximate surface area is 99.7 Å². The molecule has 0 spiro atoms. The van der Waals surface area contributed by atoms with E-state index in [1.54, 1.807) is 0 Å². The molecule has 1 rings (SSSR count). The highest BCUT2D eigenvalue weighted by Crippen LogP contribution is 2.18. The van der Waals surface area contributed by atoms with Crippen LogP contribution in [0.4, 0.5) is 0 Å². The van der Waals surface area contributed by atoms with Crippen molar-refractivity contribution in [2.45, 2.75) is 20.8 Å². The third kappa shape index (κ3) is 3.59. The van der Waals surface area contributed by atoms with Crippen LogP contribution >= 0.6 is 0 Å². The molecule has 0 N–H and O–H groups in total. The van der Waals surface area contributed by atoms with E-state index in [1.807, 2.05) is 39.0 Å². The summed E-state index contributed by atoms with van der Waals surface area (Å²) in [5, 5.41) is 1.23. The highest BCUT2D eigenvalue weighted by Gasteiger charge is 2.19. The Balaban J connectivity index is 2.87. The molecule has 0 amide bonds. The average molecular weight is 236 g/mol. The van der Waals surface area contributed by atoms with Gasteiger partial charge in [-0.15, -0.1) is 0 Å². The number of allylic oxidation sites excluding steroid dienone is 1. The van der Waals surface area contributed by atoms with Crippen LogP contribution in [0, 0.1) is 0 Å². The third-order valence-electron chi connectivity index (χ3n) is 2.31. The van der Waals surface area contributed by atoms with E-state index >= 15 is 0 Å². The fraction of sp³-hybridized carbons (Fsp3) is 0.385. The molecule has 0 bridgehead atoms. The second-order valence-corrected chi connectivity index (χ2v) is 5.31. The second-order valence-electron chi connectivity index (χ2n) is 3.35. The van der Waals surface area contributed by atoms with Crippen LogP contribution in [-0.2, 0) is 8.85 Å². The lowest BCUT2D eigenvalue weighted by molar-refractivity contribution is 0.226. The number of hydrogen-bond acceptors (Lipinski definition) is 2. The first-order valence-corrected chi connectivity index (χ1v) is 7.30. The second kappa shape index (κ2) is 7.38. The van der Waals surface area contributed by atoms with Crippen LogP contribution in [0.3, 0.4) is 0 Å². The molecular weight excluding hydrogens is 216 g/mol. The van der Waals surface area contributed by atoms with E-state index in [2.05, 4.69) is 18.2 Å². The minimum absolute atomic E-state index is 0.709.